The molecule has 2 N–H and O–H groups in total. The minimum atomic E-state index is -5.03. The molecule has 0 aromatic carbocycles. The van der Waals surface area contributed by atoms with E-state index in [1.165, 1.54) is 4.68 Å². The Hall–Kier alpha value is -2.17. The highest BCUT2D eigenvalue weighted by molar-refractivity contribution is 7.71. The fourth-order valence-electron chi connectivity index (χ4n) is 1.53. The molecule has 0 aliphatic rings. The van der Waals surface area contributed by atoms with Crippen LogP contribution >= 0.6 is 12.2 Å². The third kappa shape index (κ3) is 2.57. The second-order valence-electron chi connectivity index (χ2n) is 3.94. The minimum absolute atomic E-state index is 0.0711. The van der Waals surface area contributed by atoms with Gasteiger partial charge in [0.25, 0.3) is 5.95 Å². The van der Waals surface area contributed by atoms with Crippen molar-refractivity contribution in [2.45, 2.75) is 20.0 Å². The van der Waals surface area contributed by atoms with Gasteiger partial charge in [0.15, 0.2) is 0 Å². The molecule has 0 aliphatic carbocycles. The van der Waals surface area contributed by atoms with Crippen LogP contribution in [0.1, 0.15) is 11.4 Å². The molecule has 2 aromatic heterocycles. The van der Waals surface area contributed by atoms with Crippen LogP contribution in [0.2, 0.25) is 0 Å². The standard InChI is InChI=1S/C9H9F3N6OS/c1-4-3-5(2)17(15-4)7-13-14-8(20)18(7)16-6(19)9(10,11)12/h3H,1-2H3,(H,14,20)(H,16,19). The lowest BCUT2D eigenvalue weighted by atomic mass is 10.4. The molecule has 0 saturated heterocycles. The molecule has 0 unspecified atom stereocenters. The number of hydrogen-bond donors (Lipinski definition) is 2. The number of aromatic nitrogens is 5. The highest BCUT2D eigenvalue weighted by Crippen LogP contribution is 2.16. The van der Waals surface area contributed by atoms with Crippen LogP contribution in [-0.2, 0) is 4.79 Å². The molecular weight excluding hydrogens is 297 g/mol. The number of amides is 1. The topological polar surface area (TPSA) is 80.5 Å². The first-order valence-corrected chi connectivity index (χ1v) is 5.70. The van der Waals surface area contributed by atoms with Gasteiger partial charge in [-0.1, -0.05) is 0 Å². The summed E-state index contributed by atoms with van der Waals surface area (Å²) in [4.78, 5) is 11.0. The number of nitrogens with zero attached hydrogens (tertiary/aromatic N) is 4. The number of aromatic amines is 1. The lowest BCUT2D eigenvalue weighted by molar-refractivity contribution is -0.168. The Morgan fingerprint density at radius 2 is 2.10 bits per heavy atom. The predicted octanol–water partition coefficient (Wildman–Crippen LogP) is 1.38. The number of aryl methyl sites for hydroxylation is 2. The van der Waals surface area contributed by atoms with Crippen molar-refractivity contribution < 1.29 is 18.0 Å². The third-order valence-corrected chi connectivity index (χ3v) is 2.60. The first-order valence-electron chi connectivity index (χ1n) is 5.29. The van der Waals surface area contributed by atoms with Gasteiger partial charge >= 0.3 is 12.1 Å². The fraction of sp³-hybridized carbons (Fsp3) is 0.333. The zero-order valence-corrected chi connectivity index (χ0v) is 11.1. The molecule has 0 spiro atoms. The number of alkyl halides is 3. The Morgan fingerprint density at radius 3 is 2.60 bits per heavy atom. The van der Waals surface area contributed by atoms with Gasteiger partial charge in [0.2, 0.25) is 4.77 Å². The van der Waals surface area contributed by atoms with Crippen molar-refractivity contribution in [2.24, 2.45) is 0 Å². The Kier molecular flexibility index (Phi) is 3.38. The average Bonchev–Trinajstić information content (AvgIpc) is 2.82. The Balaban J connectivity index is 2.46. The van der Waals surface area contributed by atoms with E-state index in [9.17, 15) is 18.0 Å². The average molecular weight is 306 g/mol. The van der Waals surface area contributed by atoms with E-state index in [1.807, 2.05) is 0 Å². The monoisotopic (exact) mass is 306 g/mol. The molecule has 0 radical (unpaired) electrons. The number of hydrogen-bond acceptors (Lipinski definition) is 4. The molecule has 2 rings (SSSR count). The molecule has 0 aliphatic heterocycles. The van der Waals surface area contributed by atoms with E-state index in [0.29, 0.717) is 16.1 Å². The van der Waals surface area contributed by atoms with Crippen LogP contribution in [0.15, 0.2) is 6.07 Å². The highest BCUT2D eigenvalue weighted by atomic mass is 32.1. The first kappa shape index (κ1) is 14.2. The van der Waals surface area contributed by atoms with Crippen molar-refractivity contribution in [1.82, 2.24) is 24.7 Å². The van der Waals surface area contributed by atoms with Crippen molar-refractivity contribution in [3.8, 4) is 5.95 Å². The number of halogens is 3. The predicted molar refractivity (Wildman–Crippen MR) is 64.4 cm³/mol. The molecule has 108 valence electrons. The molecule has 0 bridgehead atoms. The maximum Gasteiger partial charge on any atom is 0.472 e. The Morgan fingerprint density at radius 1 is 1.45 bits per heavy atom. The van der Waals surface area contributed by atoms with E-state index in [-0.39, 0.29) is 10.7 Å². The van der Waals surface area contributed by atoms with E-state index >= 15 is 0 Å². The summed E-state index contributed by atoms with van der Waals surface area (Å²) in [5.74, 6) is -2.23. The fourth-order valence-corrected chi connectivity index (χ4v) is 1.70. The summed E-state index contributed by atoms with van der Waals surface area (Å²) in [7, 11) is 0. The van der Waals surface area contributed by atoms with E-state index in [2.05, 4.69) is 15.3 Å². The lowest BCUT2D eigenvalue weighted by Gasteiger charge is -2.10. The van der Waals surface area contributed by atoms with Crippen LogP contribution in [0.4, 0.5) is 13.2 Å². The van der Waals surface area contributed by atoms with Gasteiger partial charge < -0.3 is 0 Å². The maximum atomic E-state index is 12.3. The summed E-state index contributed by atoms with van der Waals surface area (Å²) in [6.07, 6.45) is -5.03. The smallest absolute Gasteiger partial charge is 0.263 e. The van der Waals surface area contributed by atoms with Gasteiger partial charge in [-0.25, -0.2) is 9.78 Å². The number of rotatable bonds is 2. The summed E-state index contributed by atoms with van der Waals surface area (Å²) in [5.41, 5.74) is 2.90. The summed E-state index contributed by atoms with van der Waals surface area (Å²) in [6.45, 7) is 3.40. The van der Waals surface area contributed by atoms with Crippen molar-refractivity contribution in [2.75, 3.05) is 5.43 Å². The largest absolute Gasteiger partial charge is 0.472 e. The van der Waals surface area contributed by atoms with Gasteiger partial charge in [0.05, 0.1) is 5.69 Å². The number of nitrogens with one attached hydrogen (secondary N) is 2. The highest BCUT2D eigenvalue weighted by Gasteiger charge is 2.39. The van der Waals surface area contributed by atoms with Crippen LogP contribution in [0.5, 0.6) is 0 Å². The van der Waals surface area contributed by atoms with Crippen LogP contribution < -0.4 is 5.43 Å². The molecule has 0 fully saturated rings. The van der Waals surface area contributed by atoms with Crippen molar-refractivity contribution in [3.05, 3.63) is 22.2 Å². The van der Waals surface area contributed by atoms with Gasteiger partial charge in [0, 0.05) is 5.69 Å². The molecule has 11 heteroatoms. The van der Waals surface area contributed by atoms with E-state index in [1.54, 1.807) is 25.3 Å². The molecule has 2 aromatic rings. The zero-order valence-electron chi connectivity index (χ0n) is 10.3. The maximum absolute atomic E-state index is 12.3. The van der Waals surface area contributed by atoms with Crippen LogP contribution in [0, 0.1) is 18.6 Å². The first-order chi connectivity index (χ1) is 9.20. The Bertz CT molecular complexity index is 712. The third-order valence-electron chi connectivity index (χ3n) is 2.32. The lowest BCUT2D eigenvalue weighted by Crippen LogP contribution is -2.36. The van der Waals surface area contributed by atoms with Gasteiger partial charge in [0.1, 0.15) is 0 Å². The van der Waals surface area contributed by atoms with Gasteiger partial charge in [-0.15, -0.1) is 5.10 Å². The van der Waals surface area contributed by atoms with Crippen LogP contribution in [0.25, 0.3) is 5.95 Å². The number of H-pyrrole nitrogens is 1. The zero-order chi connectivity index (χ0) is 15.1. The number of carbonyl (C=O) groups is 1. The van der Waals surface area contributed by atoms with E-state index in [0.717, 1.165) is 0 Å². The van der Waals surface area contributed by atoms with Crippen LogP contribution in [-0.4, -0.2) is 36.7 Å². The van der Waals surface area contributed by atoms with Gasteiger partial charge in [-0.2, -0.15) is 22.9 Å². The normalized spacial score (nSPS) is 11.7. The molecule has 2 heterocycles. The minimum Gasteiger partial charge on any atom is -0.263 e. The summed E-state index contributed by atoms with van der Waals surface area (Å²) in [5, 5.41) is 10.1. The number of carbonyl (C=O) groups excluding carboxylic acids is 1. The second-order valence-corrected chi connectivity index (χ2v) is 4.33. The Labute approximate surface area is 115 Å². The van der Waals surface area contributed by atoms with Gasteiger partial charge in [-0.3, -0.25) is 10.2 Å². The summed E-state index contributed by atoms with van der Waals surface area (Å²) < 4.78 is 38.6. The van der Waals surface area contributed by atoms with Crippen molar-refractivity contribution >= 4 is 18.1 Å². The summed E-state index contributed by atoms with van der Waals surface area (Å²) in [6, 6.07) is 1.70. The SMILES string of the molecule is Cc1cc(C)n(-c2n[nH]c(=S)n2NC(=O)C(F)(F)F)n1. The van der Waals surface area contributed by atoms with Crippen molar-refractivity contribution in [3.63, 3.8) is 0 Å². The molecule has 0 atom stereocenters. The molecule has 1 amide bonds. The van der Waals surface area contributed by atoms with Gasteiger partial charge in [-0.05, 0) is 32.1 Å². The molecule has 7 nitrogen and oxygen atoms in total. The van der Waals surface area contributed by atoms with E-state index in [4.69, 9.17) is 12.2 Å². The molecular formula is C9H9F3N6OS. The van der Waals surface area contributed by atoms with Crippen LogP contribution in [0.3, 0.4) is 0 Å². The quantitative estimate of drug-likeness (QED) is 0.821. The van der Waals surface area contributed by atoms with E-state index < -0.39 is 12.1 Å². The molecule has 20 heavy (non-hydrogen) atoms. The van der Waals surface area contributed by atoms with Crippen molar-refractivity contribution in [1.29, 1.82) is 0 Å². The summed E-state index contributed by atoms with van der Waals surface area (Å²) >= 11 is 4.79. The second kappa shape index (κ2) is 4.74. The molecule has 0 saturated carbocycles.